The lowest BCUT2D eigenvalue weighted by Gasteiger charge is -2.23. The first kappa shape index (κ1) is 27.9. The Morgan fingerprint density at radius 2 is 1.53 bits per heavy atom. The lowest BCUT2D eigenvalue weighted by Crippen LogP contribution is -2.36. The molecule has 3 aromatic rings. The zero-order chi connectivity index (χ0) is 31.0. The molecule has 0 aliphatic heterocycles. The zero-order valence-corrected chi connectivity index (χ0v) is 24.1. The number of benzene rings is 2. The number of carbonyl (C=O) groups is 4. The molecular weight excluding hydrogens is 554 g/mol. The first-order chi connectivity index (χ1) is 20.6. The fraction of sp³-hybridized carbons (Fsp3) is 0.242. The summed E-state index contributed by atoms with van der Waals surface area (Å²) < 4.78 is 17.6. The predicted octanol–water partition coefficient (Wildman–Crippen LogP) is 4.02. The van der Waals surface area contributed by atoms with Crippen molar-refractivity contribution < 1.29 is 38.5 Å². The van der Waals surface area contributed by atoms with Crippen LogP contribution in [0.4, 0.5) is 0 Å². The van der Waals surface area contributed by atoms with Gasteiger partial charge in [-0.05, 0) is 42.9 Å². The van der Waals surface area contributed by atoms with E-state index >= 15 is 0 Å². The van der Waals surface area contributed by atoms with Gasteiger partial charge in [0.05, 0.1) is 49.0 Å². The molecule has 1 atom stereocenters. The molecule has 0 saturated heterocycles. The van der Waals surface area contributed by atoms with E-state index in [1.54, 1.807) is 31.3 Å². The molecule has 0 unspecified atom stereocenters. The van der Waals surface area contributed by atoms with E-state index in [2.05, 4.69) is 0 Å². The quantitative estimate of drug-likeness (QED) is 0.350. The number of Topliss-reactive ketones (excluding diaryl/α,β-unsaturated/α-hetero) is 3. The third-order valence-corrected chi connectivity index (χ3v) is 8.61. The molecule has 43 heavy (non-hydrogen) atoms. The molecule has 3 aliphatic rings. The molecule has 10 heteroatoms. The van der Waals surface area contributed by atoms with Crippen molar-refractivity contribution in [3.8, 4) is 17.2 Å². The molecule has 0 radical (unpaired) electrons. The van der Waals surface area contributed by atoms with Gasteiger partial charge in [0.25, 0.3) is 5.56 Å². The Morgan fingerprint density at radius 1 is 0.884 bits per heavy atom. The number of rotatable bonds is 5. The van der Waals surface area contributed by atoms with Gasteiger partial charge in [0, 0.05) is 24.4 Å². The number of ketones is 4. The number of hydrogen-bond acceptors (Lipinski definition) is 9. The molecule has 6 rings (SSSR count). The first-order valence-corrected chi connectivity index (χ1v) is 13.5. The summed E-state index contributed by atoms with van der Waals surface area (Å²) in [7, 11) is 5.26. The molecule has 1 N–H and O–H groups in total. The summed E-state index contributed by atoms with van der Waals surface area (Å²) in [4.78, 5) is 69.1. The highest BCUT2D eigenvalue weighted by molar-refractivity contribution is 6.39. The highest BCUT2D eigenvalue weighted by Gasteiger charge is 2.62. The Balaban J connectivity index is 1.64. The summed E-state index contributed by atoms with van der Waals surface area (Å²) in [6.07, 6.45) is 8.46. The molecule has 1 heterocycles. The summed E-state index contributed by atoms with van der Waals surface area (Å²) in [6.45, 7) is 1.87. The van der Waals surface area contributed by atoms with Crippen molar-refractivity contribution in [1.29, 1.82) is 0 Å². The first-order valence-electron chi connectivity index (χ1n) is 13.5. The second-order valence-corrected chi connectivity index (χ2v) is 10.6. The summed E-state index contributed by atoms with van der Waals surface area (Å²) in [6, 6.07) is 3.48. The summed E-state index contributed by atoms with van der Waals surface area (Å²) in [5.74, 6) is -3.97. The number of fused-ring (bicyclic) bond motifs is 5. The van der Waals surface area contributed by atoms with Gasteiger partial charge in [-0.1, -0.05) is 24.3 Å². The van der Waals surface area contributed by atoms with Crippen LogP contribution in [0.25, 0.3) is 16.8 Å². The van der Waals surface area contributed by atoms with Crippen LogP contribution in [0.3, 0.4) is 0 Å². The fourth-order valence-corrected chi connectivity index (χ4v) is 6.68. The van der Waals surface area contributed by atoms with E-state index in [0.717, 1.165) is 6.08 Å². The Morgan fingerprint density at radius 3 is 2.14 bits per heavy atom. The number of aromatic hydroxyl groups is 1. The number of hydrogen-bond donors (Lipinski definition) is 1. The zero-order valence-electron chi connectivity index (χ0n) is 24.1. The molecule has 2 aromatic carbocycles. The van der Waals surface area contributed by atoms with Crippen LogP contribution in [-0.4, -0.2) is 54.1 Å². The molecule has 10 nitrogen and oxygen atoms in total. The van der Waals surface area contributed by atoms with Crippen molar-refractivity contribution in [3.05, 3.63) is 91.6 Å². The number of carbonyl (C=O) groups excluding carboxylic acids is 4. The molecule has 0 saturated carbocycles. The smallest absolute Gasteiger partial charge is 0.262 e. The van der Waals surface area contributed by atoms with Crippen molar-refractivity contribution in [3.63, 3.8) is 0 Å². The number of aromatic nitrogens is 1. The molecule has 0 bridgehead atoms. The molecule has 1 aromatic heterocycles. The van der Waals surface area contributed by atoms with E-state index in [0.29, 0.717) is 16.6 Å². The maximum absolute atomic E-state index is 14.5. The fourth-order valence-electron chi connectivity index (χ4n) is 6.68. The molecule has 218 valence electrons. The lowest BCUT2D eigenvalue weighted by molar-refractivity contribution is 0.0790. The second-order valence-electron chi connectivity index (χ2n) is 10.6. The second kappa shape index (κ2) is 9.65. The van der Waals surface area contributed by atoms with Crippen LogP contribution in [0.1, 0.15) is 71.6 Å². The van der Waals surface area contributed by atoms with E-state index < -0.39 is 39.9 Å². The minimum atomic E-state index is -1.92. The molecule has 0 fully saturated rings. The molecular formula is C33H27NO9. The number of phenols is 1. The van der Waals surface area contributed by atoms with Gasteiger partial charge in [0.1, 0.15) is 22.7 Å². The van der Waals surface area contributed by atoms with Gasteiger partial charge in [-0.15, -0.1) is 0 Å². The van der Waals surface area contributed by atoms with Gasteiger partial charge in [0.15, 0.2) is 23.1 Å². The Bertz CT molecular complexity index is 2010. The van der Waals surface area contributed by atoms with Gasteiger partial charge in [0.2, 0.25) is 5.78 Å². The van der Waals surface area contributed by atoms with Gasteiger partial charge in [-0.2, -0.15) is 0 Å². The van der Waals surface area contributed by atoms with Crippen LogP contribution in [0.2, 0.25) is 0 Å². The average molecular weight is 582 g/mol. The Labute approximate surface area is 245 Å². The average Bonchev–Trinajstić information content (AvgIpc) is 3.48. The van der Waals surface area contributed by atoms with Gasteiger partial charge in [-0.25, -0.2) is 0 Å². The van der Waals surface area contributed by atoms with Crippen LogP contribution in [0.15, 0.2) is 47.0 Å². The van der Waals surface area contributed by atoms with E-state index in [4.69, 9.17) is 14.2 Å². The van der Waals surface area contributed by atoms with Crippen molar-refractivity contribution in [2.75, 3.05) is 21.3 Å². The van der Waals surface area contributed by atoms with E-state index in [-0.39, 0.29) is 63.3 Å². The van der Waals surface area contributed by atoms with Crippen molar-refractivity contribution in [1.82, 2.24) is 4.57 Å². The molecule has 0 amide bonds. The van der Waals surface area contributed by atoms with Crippen LogP contribution in [-0.2, 0) is 23.6 Å². The Kier molecular flexibility index (Phi) is 6.26. The third-order valence-electron chi connectivity index (χ3n) is 8.61. The highest BCUT2D eigenvalue weighted by Crippen LogP contribution is 2.57. The normalized spacial score (nSPS) is 19.0. The number of methoxy groups -OCH3 is 3. The standard InChI is InChI=1S/C33H27NO9/c1-6-7-8-9-17-13-16-12-15-10-11-33(25(15)27(37)20(16)32(40)34(17)2)30(38)23-24(31(33)39)29(43-5)22-21(28(23)42-4)18(35)14-19(41-3)26(22)36/h6-9,12-14,37H,10-11H2,1-5H3/t33-/m0/s1. The maximum Gasteiger partial charge on any atom is 0.262 e. The van der Waals surface area contributed by atoms with Crippen LogP contribution in [0.5, 0.6) is 17.2 Å². The third kappa shape index (κ3) is 3.43. The Hall–Kier alpha value is -5.25. The van der Waals surface area contributed by atoms with E-state index in [1.807, 2.05) is 19.1 Å². The number of nitrogens with zero attached hydrogens (tertiary/aromatic N) is 1. The van der Waals surface area contributed by atoms with Gasteiger partial charge < -0.3 is 23.9 Å². The lowest BCUT2D eigenvalue weighted by atomic mass is 9.76. The van der Waals surface area contributed by atoms with E-state index in [9.17, 15) is 29.1 Å². The number of pyridine rings is 1. The number of phenolic OH excluding ortho intramolecular Hbond substituents is 1. The van der Waals surface area contributed by atoms with Crippen LogP contribution in [0, 0.1) is 0 Å². The number of ether oxygens (including phenoxy) is 3. The number of allylic oxidation sites excluding steroid dienone is 5. The van der Waals surface area contributed by atoms with Crippen LogP contribution < -0.4 is 15.0 Å². The largest absolute Gasteiger partial charge is 0.507 e. The predicted molar refractivity (Wildman–Crippen MR) is 157 cm³/mol. The van der Waals surface area contributed by atoms with Crippen molar-refractivity contribution in [2.45, 2.75) is 25.2 Å². The summed E-state index contributed by atoms with van der Waals surface area (Å²) in [5, 5.41) is 12.1. The monoisotopic (exact) mass is 581 g/mol. The van der Waals surface area contributed by atoms with E-state index in [1.165, 1.54) is 25.9 Å². The van der Waals surface area contributed by atoms with Crippen LogP contribution >= 0.6 is 0 Å². The molecule has 1 spiro atoms. The number of aryl methyl sites for hydroxylation is 1. The minimum Gasteiger partial charge on any atom is -0.507 e. The van der Waals surface area contributed by atoms with Crippen molar-refractivity contribution >= 4 is 40.0 Å². The van der Waals surface area contributed by atoms with Crippen molar-refractivity contribution in [2.24, 2.45) is 7.05 Å². The van der Waals surface area contributed by atoms with Gasteiger partial charge >= 0.3 is 0 Å². The minimum absolute atomic E-state index is 0.00658. The highest BCUT2D eigenvalue weighted by atomic mass is 16.5. The molecule has 3 aliphatic carbocycles. The SMILES string of the molecule is CC=CC=Cc1cc2cc3c(c(O)c2c(=O)n1C)[C@@]1(CC3)C(=O)c2c(OC)c3c(c(OC)c2C1=O)C(=O)C(OC)=CC3=O. The summed E-state index contributed by atoms with van der Waals surface area (Å²) >= 11 is 0. The maximum atomic E-state index is 14.5. The van der Waals surface area contributed by atoms with Gasteiger partial charge in [-0.3, -0.25) is 24.0 Å². The summed E-state index contributed by atoms with van der Waals surface area (Å²) in [5.41, 5.74) is -2.12. The topological polar surface area (TPSA) is 138 Å².